The number of rotatable bonds is 5. The molecule has 0 aromatic heterocycles. The highest BCUT2D eigenvalue weighted by Crippen LogP contribution is 2.24. The fourth-order valence-electron chi connectivity index (χ4n) is 3.76. The molecule has 4 rings (SSSR count). The van der Waals surface area contributed by atoms with Crippen LogP contribution in [0.25, 0.3) is 0 Å². The average molecular weight is 435 g/mol. The van der Waals surface area contributed by atoms with Crippen LogP contribution in [-0.4, -0.2) is 24.9 Å². The Morgan fingerprint density at radius 3 is 2.41 bits per heavy atom. The number of halogens is 2. The van der Waals surface area contributed by atoms with Gasteiger partial charge in [-0.2, -0.15) is 0 Å². The molecular formula is C25H23F2N3O2. The summed E-state index contributed by atoms with van der Waals surface area (Å²) in [5.74, 6) is -3.59. The summed E-state index contributed by atoms with van der Waals surface area (Å²) in [6.45, 7) is 2.11. The molecule has 2 N–H and O–H groups in total. The first-order chi connectivity index (χ1) is 15.5. The van der Waals surface area contributed by atoms with Gasteiger partial charge in [-0.1, -0.05) is 36.4 Å². The van der Waals surface area contributed by atoms with Crippen molar-refractivity contribution >= 4 is 23.2 Å². The molecule has 1 aliphatic heterocycles. The predicted octanol–water partition coefficient (Wildman–Crippen LogP) is 3.82. The topological polar surface area (TPSA) is 61.4 Å². The highest BCUT2D eigenvalue weighted by molar-refractivity contribution is 6.39. The molecule has 2 amide bonds. The summed E-state index contributed by atoms with van der Waals surface area (Å²) in [4.78, 5) is 26.2. The lowest BCUT2D eigenvalue weighted by atomic mass is 9.99. The molecule has 0 aliphatic carbocycles. The zero-order chi connectivity index (χ0) is 22.5. The van der Waals surface area contributed by atoms with Crippen LogP contribution in [0.5, 0.6) is 0 Å². The minimum absolute atomic E-state index is 0.248. The van der Waals surface area contributed by atoms with E-state index < -0.39 is 23.4 Å². The Morgan fingerprint density at radius 1 is 0.906 bits per heavy atom. The third-order valence-corrected chi connectivity index (χ3v) is 5.52. The standard InChI is InChI=1S/C25H23F2N3O2/c26-20-7-10-23(22(27)15-20)29-25(32)24(31)28-13-11-17-5-8-21(9-6-17)30-14-12-18-3-1-2-4-19(18)16-30/h1-10,15H,11-14,16H2,(H,28,31)(H,29,32). The largest absolute Gasteiger partial charge is 0.367 e. The van der Waals surface area contributed by atoms with E-state index in [0.29, 0.717) is 12.5 Å². The van der Waals surface area contributed by atoms with Crippen LogP contribution in [0.15, 0.2) is 66.7 Å². The van der Waals surface area contributed by atoms with Crippen LogP contribution in [0.4, 0.5) is 20.2 Å². The van der Waals surface area contributed by atoms with Gasteiger partial charge in [0, 0.05) is 31.4 Å². The minimum atomic E-state index is -1.00. The van der Waals surface area contributed by atoms with Gasteiger partial charge in [0.1, 0.15) is 11.6 Å². The van der Waals surface area contributed by atoms with Crippen molar-refractivity contribution < 1.29 is 18.4 Å². The molecule has 164 valence electrons. The number of carbonyl (C=O) groups excluding carboxylic acids is 2. The third kappa shape index (κ3) is 5.11. The van der Waals surface area contributed by atoms with E-state index in [2.05, 4.69) is 51.9 Å². The fourth-order valence-corrected chi connectivity index (χ4v) is 3.76. The molecule has 0 radical (unpaired) electrons. The zero-order valence-corrected chi connectivity index (χ0v) is 17.4. The molecule has 0 spiro atoms. The van der Waals surface area contributed by atoms with Gasteiger partial charge in [-0.05, 0) is 53.8 Å². The summed E-state index contributed by atoms with van der Waals surface area (Å²) in [5.41, 5.74) is 4.68. The molecular weight excluding hydrogens is 412 g/mol. The molecule has 0 fully saturated rings. The maximum Gasteiger partial charge on any atom is 0.313 e. The number of hydrogen-bond donors (Lipinski definition) is 2. The lowest BCUT2D eigenvalue weighted by molar-refractivity contribution is -0.136. The van der Waals surface area contributed by atoms with Crippen LogP contribution in [0, 0.1) is 11.6 Å². The van der Waals surface area contributed by atoms with Crippen LogP contribution in [-0.2, 0) is 29.0 Å². The van der Waals surface area contributed by atoms with Gasteiger partial charge in [0.15, 0.2) is 0 Å². The van der Waals surface area contributed by atoms with Gasteiger partial charge in [0.2, 0.25) is 0 Å². The molecule has 0 unspecified atom stereocenters. The van der Waals surface area contributed by atoms with E-state index in [1.807, 2.05) is 12.1 Å². The fraction of sp³-hybridized carbons (Fsp3) is 0.200. The average Bonchev–Trinajstić information content (AvgIpc) is 2.81. The second-order valence-electron chi connectivity index (χ2n) is 7.69. The summed E-state index contributed by atoms with van der Waals surface area (Å²) in [6, 6.07) is 19.3. The van der Waals surface area contributed by atoms with Crippen molar-refractivity contribution in [2.45, 2.75) is 19.4 Å². The van der Waals surface area contributed by atoms with Gasteiger partial charge in [0.05, 0.1) is 5.69 Å². The Kier molecular flexibility index (Phi) is 6.44. The number of carbonyl (C=O) groups is 2. The van der Waals surface area contributed by atoms with Gasteiger partial charge in [-0.15, -0.1) is 0 Å². The number of amides is 2. The van der Waals surface area contributed by atoms with Crippen molar-refractivity contribution in [3.63, 3.8) is 0 Å². The first-order valence-electron chi connectivity index (χ1n) is 10.4. The van der Waals surface area contributed by atoms with Crippen LogP contribution in [0.1, 0.15) is 16.7 Å². The molecule has 1 aliphatic rings. The number of fused-ring (bicyclic) bond motifs is 1. The highest BCUT2D eigenvalue weighted by atomic mass is 19.1. The number of anilines is 2. The summed E-state index contributed by atoms with van der Waals surface area (Å²) >= 11 is 0. The smallest absolute Gasteiger partial charge is 0.313 e. The molecule has 0 atom stereocenters. The Labute approximate surface area is 185 Å². The Balaban J connectivity index is 1.25. The summed E-state index contributed by atoms with van der Waals surface area (Å²) in [5, 5.41) is 4.65. The monoisotopic (exact) mass is 435 g/mol. The van der Waals surface area contributed by atoms with E-state index in [1.165, 1.54) is 11.1 Å². The molecule has 1 heterocycles. The van der Waals surface area contributed by atoms with Crippen molar-refractivity contribution in [3.05, 3.63) is 95.1 Å². The van der Waals surface area contributed by atoms with Crippen molar-refractivity contribution in [1.29, 1.82) is 0 Å². The number of nitrogens with one attached hydrogen (secondary N) is 2. The Morgan fingerprint density at radius 2 is 1.66 bits per heavy atom. The molecule has 0 saturated heterocycles. The molecule has 0 bridgehead atoms. The second kappa shape index (κ2) is 9.60. The van der Waals surface area contributed by atoms with Crippen molar-refractivity contribution in [3.8, 4) is 0 Å². The molecule has 3 aromatic carbocycles. The van der Waals surface area contributed by atoms with Crippen LogP contribution >= 0.6 is 0 Å². The van der Waals surface area contributed by atoms with E-state index in [0.717, 1.165) is 42.9 Å². The van der Waals surface area contributed by atoms with E-state index in [-0.39, 0.29) is 12.2 Å². The van der Waals surface area contributed by atoms with Gasteiger partial charge in [0.25, 0.3) is 0 Å². The van der Waals surface area contributed by atoms with Crippen LogP contribution < -0.4 is 15.5 Å². The van der Waals surface area contributed by atoms with Gasteiger partial charge >= 0.3 is 11.8 Å². The van der Waals surface area contributed by atoms with E-state index >= 15 is 0 Å². The zero-order valence-electron chi connectivity index (χ0n) is 17.4. The summed E-state index contributed by atoms with van der Waals surface area (Å²) in [6.07, 6.45) is 1.57. The van der Waals surface area contributed by atoms with Crippen LogP contribution in [0.2, 0.25) is 0 Å². The van der Waals surface area contributed by atoms with Crippen LogP contribution in [0.3, 0.4) is 0 Å². The Bertz CT molecular complexity index is 1130. The van der Waals surface area contributed by atoms with E-state index in [4.69, 9.17) is 0 Å². The molecule has 7 heteroatoms. The number of nitrogens with zero attached hydrogens (tertiary/aromatic N) is 1. The SMILES string of the molecule is O=C(NCCc1ccc(N2CCc3ccccc3C2)cc1)C(=O)Nc1ccc(F)cc1F. The molecule has 32 heavy (non-hydrogen) atoms. The maximum atomic E-state index is 13.6. The van der Waals surface area contributed by atoms with Gasteiger partial charge in [-0.3, -0.25) is 9.59 Å². The minimum Gasteiger partial charge on any atom is -0.367 e. The first-order valence-corrected chi connectivity index (χ1v) is 10.4. The lowest BCUT2D eigenvalue weighted by Gasteiger charge is -2.30. The van der Waals surface area contributed by atoms with Gasteiger partial charge in [-0.25, -0.2) is 8.78 Å². The van der Waals surface area contributed by atoms with E-state index in [9.17, 15) is 18.4 Å². The maximum absolute atomic E-state index is 13.6. The molecule has 3 aromatic rings. The quantitative estimate of drug-likeness (QED) is 0.599. The third-order valence-electron chi connectivity index (χ3n) is 5.52. The number of hydrogen-bond acceptors (Lipinski definition) is 3. The molecule has 5 nitrogen and oxygen atoms in total. The number of benzene rings is 3. The van der Waals surface area contributed by atoms with Crippen molar-refractivity contribution in [2.75, 3.05) is 23.3 Å². The normalized spacial score (nSPS) is 12.8. The predicted molar refractivity (Wildman–Crippen MR) is 119 cm³/mol. The molecule has 0 saturated carbocycles. The first kappa shape index (κ1) is 21.5. The summed E-state index contributed by atoms with van der Waals surface area (Å²) < 4.78 is 26.5. The summed E-state index contributed by atoms with van der Waals surface area (Å²) in [7, 11) is 0. The van der Waals surface area contributed by atoms with Crippen molar-refractivity contribution in [2.24, 2.45) is 0 Å². The highest BCUT2D eigenvalue weighted by Gasteiger charge is 2.17. The van der Waals surface area contributed by atoms with Gasteiger partial charge < -0.3 is 15.5 Å². The van der Waals surface area contributed by atoms with E-state index in [1.54, 1.807) is 0 Å². The Hall–Kier alpha value is -3.74. The van der Waals surface area contributed by atoms with Crippen molar-refractivity contribution in [1.82, 2.24) is 5.32 Å². The lowest BCUT2D eigenvalue weighted by Crippen LogP contribution is -2.36. The second-order valence-corrected chi connectivity index (χ2v) is 7.69.